The van der Waals surface area contributed by atoms with Crippen LogP contribution in [0.3, 0.4) is 0 Å². The molecule has 1 aliphatic rings. The third-order valence-electron chi connectivity index (χ3n) is 3.75. The number of ether oxygens (including phenoxy) is 1. The van der Waals surface area contributed by atoms with Crippen LogP contribution in [0, 0.1) is 10.1 Å². The molecule has 2 rings (SSSR count). The van der Waals surface area contributed by atoms with Crippen LogP contribution in [0.5, 0.6) is 0 Å². The van der Waals surface area contributed by atoms with Gasteiger partial charge in [0, 0.05) is 32.2 Å². The van der Waals surface area contributed by atoms with Crippen molar-refractivity contribution in [3.05, 3.63) is 33.9 Å². The predicted octanol–water partition coefficient (Wildman–Crippen LogP) is 1.52. The zero-order valence-electron chi connectivity index (χ0n) is 12.2. The number of hydrogen-bond acceptors (Lipinski definition) is 6. The first-order valence-corrected chi connectivity index (χ1v) is 6.91. The molecule has 0 atom stereocenters. The summed E-state index contributed by atoms with van der Waals surface area (Å²) in [6.45, 7) is 6.19. The van der Waals surface area contributed by atoms with E-state index >= 15 is 0 Å². The molecule has 0 radical (unpaired) electrons. The van der Waals surface area contributed by atoms with E-state index in [4.69, 9.17) is 0 Å². The van der Waals surface area contributed by atoms with E-state index in [-0.39, 0.29) is 5.69 Å². The first kappa shape index (κ1) is 15.2. The first-order chi connectivity index (χ1) is 10.1. The maximum atomic E-state index is 11.6. The van der Waals surface area contributed by atoms with Crippen molar-refractivity contribution >= 4 is 17.3 Å². The summed E-state index contributed by atoms with van der Waals surface area (Å²) in [5.41, 5.74) is 0.835. The zero-order valence-corrected chi connectivity index (χ0v) is 12.2. The van der Waals surface area contributed by atoms with Gasteiger partial charge in [-0.05, 0) is 18.7 Å². The van der Waals surface area contributed by atoms with E-state index in [0.29, 0.717) is 24.3 Å². The van der Waals surface area contributed by atoms with Gasteiger partial charge in [-0.25, -0.2) is 4.79 Å². The van der Waals surface area contributed by atoms with Gasteiger partial charge in [0.25, 0.3) is 5.69 Å². The molecular formula is C14H19N3O4. The highest BCUT2D eigenvalue weighted by Crippen LogP contribution is 2.30. The lowest BCUT2D eigenvalue weighted by molar-refractivity contribution is -0.384. The Morgan fingerprint density at radius 3 is 2.52 bits per heavy atom. The summed E-state index contributed by atoms with van der Waals surface area (Å²) in [5.74, 6) is -0.488. The van der Waals surface area contributed by atoms with Crippen LogP contribution in [0.25, 0.3) is 0 Å². The summed E-state index contributed by atoms with van der Waals surface area (Å²) >= 11 is 0. The van der Waals surface area contributed by atoms with Crippen LogP contribution in [-0.2, 0) is 4.74 Å². The monoisotopic (exact) mass is 293 g/mol. The molecule has 1 fully saturated rings. The average Bonchev–Trinajstić information content (AvgIpc) is 2.53. The maximum absolute atomic E-state index is 11.6. The standard InChI is InChI=1S/C14H19N3O4/c1-3-15-6-8-16(9-7-15)13-10-11(14(18)21-2)4-5-12(13)17(19)20/h4-5,10H,3,6-9H2,1-2H3. The van der Waals surface area contributed by atoms with Crippen molar-refractivity contribution in [3.8, 4) is 0 Å². The van der Waals surface area contributed by atoms with Crippen LogP contribution in [-0.4, -0.2) is 55.6 Å². The molecule has 0 amide bonds. The molecule has 114 valence electrons. The van der Waals surface area contributed by atoms with E-state index in [2.05, 4.69) is 16.6 Å². The Hall–Kier alpha value is -2.15. The number of carbonyl (C=O) groups excluding carboxylic acids is 1. The molecule has 1 aliphatic heterocycles. The van der Waals surface area contributed by atoms with Crippen LogP contribution in [0.15, 0.2) is 18.2 Å². The van der Waals surface area contributed by atoms with Gasteiger partial charge in [-0.15, -0.1) is 0 Å². The molecule has 1 aromatic rings. The van der Waals surface area contributed by atoms with Gasteiger partial charge in [-0.3, -0.25) is 10.1 Å². The molecule has 0 N–H and O–H groups in total. The van der Waals surface area contributed by atoms with Gasteiger partial charge in [0.1, 0.15) is 5.69 Å². The fraction of sp³-hybridized carbons (Fsp3) is 0.500. The average molecular weight is 293 g/mol. The lowest BCUT2D eigenvalue weighted by atomic mass is 10.1. The normalized spacial score (nSPS) is 15.8. The number of nitro benzene ring substituents is 1. The van der Waals surface area contributed by atoms with Crippen molar-refractivity contribution in [2.24, 2.45) is 0 Å². The van der Waals surface area contributed by atoms with Crippen molar-refractivity contribution in [1.82, 2.24) is 4.90 Å². The molecule has 0 saturated carbocycles. The Kier molecular flexibility index (Phi) is 4.74. The van der Waals surface area contributed by atoms with Gasteiger partial charge in [0.2, 0.25) is 0 Å². The minimum Gasteiger partial charge on any atom is -0.465 e. The quantitative estimate of drug-likeness (QED) is 0.476. The molecule has 0 spiro atoms. The molecule has 0 aromatic heterocycles. The van der Waals surface area contributed by atoms with Gasteiger partial charge in [-0.1, -0.05) is 6.92 Å². The Morgan fingerprint density at radius 2 is 2.00 bits per heavy atom. The van der Waals surface area contributed by atoms with E-state index in [9.17, 15) is 14.9 Å². The molecule has 1 saturated heterocycles. The maximum Gasteiger partial charge on any atom is 0.337 e. The highest BCUT2D eigenvalue weighted by molar-refractivity contribution is 5.91. The van der Waals surface area contributed by atoms with Crippen molar-refractivity contribution in [1.29, 1.82) is 0 Å². The minimum atomic E-state index is -0.488. The fourth-order valence-electron chi connectivity index (χ4n) is 2.48. The topological polar surface area (TPSA) is 75.9 Å². The van der Waals surface area contributed by atoms with Crippen LogP contribution in [0.1, 0.15) is 17.3 Å². The molecule has 0 bridgehead atoms. The summed E-state index contributed by atoms with van der Waals surface area (Å²) in [6.07, 6.45) is 0. The van der Waals surface area contributed by atoms with Crippen molar-refractivity contribution in [3.63, 3.8) is 0 Å². The van der Waals surface area contributed by atoms with E-state index in [1.807, 2.05) is 4.90 Å². The highest BCUT2D eigenvalue weighted by atomic mass is 16.6. The smallest absolute Gasteiger partial charge is 0.337 e. The van der Waals surface area contributed by atoms with Crippen LogP contribution >= 0.6 is 0 Å². The Balaban J connectivity index is 2.31. The van der Waals surface area contributed by atoms with E-state index < -0.39 is 10.9 Å². The number of benzene rings is 1. The summed E-state index contributed by atoms with van der Waals surface area (Å²) in [5, 5.41) is 11.2. The molecule has 1 aromatic carbocycles. The number of nitrogens with zero attached hydrogens (tertiary/aromatic N) is 3. The van der Waals surface area contributed by atoms with E-state index in [0.717, 1.165) is 19.6 Å². The van der Waals surface area contributed by atoms with Crippen LogP contribution in [0.4, 0.5) is 11.4 Å². The lowest BCUT2D eigenvalue weighted by Crippen LogP contribution is -2.46. The third kappa shape index (κ3) is 3.30. The molecule has 1 heterocycles. The van der Waals surface area contributed by atoms with Crippen molar-refractivity contribution < 1.29 is 14.5 Å². The number of nitro groups is 1. The number of hydrogen-bond donors (Lipinski definition) is 0. The number of rotatable bonds is 4. The Labute approximate surface area is 123 Å². The second-order valence-corrected chi connectivity index (χ2v) is 4.87. The number of piperazine rings is 1. The van der Waals surface area contributed by atoms with E-state index in [1.165, 1.54) is 19.2 Å². The van der Waals surface area contributed by atoms with Gasteiger partial charge in [0.05, 0.1) is 17.6 Å². The van der Waals surface area contributed by atoms with Crippen LogP contribution in [0.2, 0.25) is 0 Å². The third-order valence-corrected chi connectivity index (χ3v) is 3.75. The first-order valence-electron chi connectivity index (χ1n) is 6.91. The lowest BCUT2D eigenvalue weighted by Gasteiger charge is -2.35. The molecular weight excluding hydrogens is 274 g/mol. The van der Waals surface area contributed by atoms with Gasteiger partial charge in [-0.2, -0.15) is 0 Å². The Morgan fingerprint density at radius 1 is 1.33 bits per heavy atom. The van der Waals surface area contributed by atoms with Crippen LogP contribution < -0.4 is 4.90 Å². The van der Waals surface area contributed by atoms with Gasteiger partial charge in [0.15, 0.2) is 0 Å². The number of esters is 1. The summed E-state index contributed by atoms with van der Waals surface area (Å²) in [6, 6.07) is 4.34. The predicted molar refractivity (Wildman–Crippen MR) is 78.8 cm³/mol. The van der Waals surface area contributed by atoms with Crippen molar-refractivity contribution in [2.45, 2.75) is 6.92 Å². The number of likely N-dealkylation sites (N-methyl/N-ethyl adjacent to an activating group) is 1. The van der Waals surface area contributed by atoms with Gasteiger partial charge < -0.3 is 14.5 Å². The summed E-state index contributed by atoms with van der Waals surface area (Å²) < 4.78 is 4.68. The summed E-state index contributed by atoms with van der Waals surface area (Å²) in [4.78, 5) is 26.6. The molecule has 7 heteroatoms. The number of anilines is 1. The molecule has 7 nitrogen and oxygen atoms in total. The Bertz CT molecular complexity index is 539. The fourth-order valence-corrected chi connectivity index (χ4v) is 2.48. The minimum absolute atomic E-state index is 0.0209. The van der Waals surface area contributed by atoms with Crippen molar-refractivity contribution in [2.75, 3.05) is 44.7 Å². The number of carbonyl (C=O) groups is 1. The van der Waals surface area contributed by atoms with Gasteiger partial charge >= 0.3 is 5.97 Å². The second-order valence-electron chi connectivity index (χ2n) is 4.87. The zero-order chi connectivity index (χ0) is 15.4. The second kappa shape index (κ2) is 6.53. The molecule has 0 unspecified atom stereocenters. The highest BCUT2D eigenvalue weighted by Gasteiger charge is 2.24. The largest absolute Gasteiger partial charge is 0.465 e. The van der Waals surface area contributed by atoms with E-state index in [1.54, 1.807) is 6.07 Å². The SMILES string of the molecule is CCN1CCN(c2cc(C(=O)OC)ccc2[N+](=O)[O-])CC1. The molecule has 21 heavy (non-hydrogen) atoms. The molecule has 0 aliphatic carbocycles. The summed E-state index contributed by atoms with van der Waals surface area (Å²) in [7, 11) is 1.30. The number of methoxy groups -OCH3 is 1.